The van der Waals surface area contributed by atoms with Crippen LogP contribution < -0.4 is 15.2 Å². The second-order valence-corrected chi connectivity index (χ2v) is 5.31. The smallest absolute Gasteiger partial charge is 0.400 e. The fourth-order valence-corrected chi connectivity index (χ4v) is 2.74. The van der Waals surface area contributed by atoms with E-state index in [1.54, 1.807) is 18.2 Å². The SMILES string of the molecule is NCCC(Sc1ccc2c(c1)OCCO2)C(F)(F)F. The number of benzene rings is 1. The van der Waals surface area contributed by atoms with E-state index in [2.05, 4.69) is 0 Å². The maximum Gasteiger partial charge on any atom is 0.400 e. The van der Waals surface area contributed by atoms with E-state index < -0.39 is 11.4 Å². The Balaban J connectivity index is 2.13. The van der Waals surface area contributed by atoms with Crippen LogP contribution in [0.5, 0.6) is 11.5 Å². The van der Waals surface area contributed by atoms with Crippen LogP contribution in [0.15, 0.2) is 23.1 Å². The lowest BCUT2D eigenvalue weighted by Gasteiger charge is -2.21. The first-order chi connectivity index (χ1) is 9.00. The first-order valence-corrected chi connectivity index (χ1v) is 6.72. The minimum atomic E-state index is -4.27. The molecule has 1 aromatic rings. The minimum absolute atomic E-state index is 0.00171. The van der Waals surface area contributed by atoms with E-state index in [1.807, 2.05) is 0 Å². The molecule has 1 heterocycles. The van der Waals surface area contributed by atoms with Crippen LogP contribution in [0.4, 0.5) is 13.2 Å². The fraction of sp³-hybridized carbons (Fsp3) is 0.500. The van der Waals surface area contributed by atoms with Crippen molar-refractivity contribution < 1.29 is 22.6 Å². The molecular formula is C12H14F3NO2S. The van der Waals surface area contributed by atoms with Crippen molar-refractivity contribution in [1.29, 1.82) is 0 Å². The Hall–Kier alpha value is -1.08. The molecule has 0 radical (unpaired) electrons. The number of halogens is 3. The Morgan fingerprint density at radius 2 is 1.89 bits per heavy atom. The van der Waals surface area contributed by atoms with Crippen molar-refractivity contribution in [2.45, 2.75) is 22.7 Å². The zero-order chi connectivity index (χ0) is 13.9. The normalized spacial score (nSPS) is 16.2. The highest BCUT2D eigenvalue weighted by molar-refractivity contribution is 8.00. The van der Waals surface area contributed by atoms with Crippen molar-refractivity contribution in [3.05, 3.63) is 18.2 Å². The minimum Gasteiger partial charge on any atom is -0.486 e. The molecule has 0 spiro atoms. The molecule has 1 unspecified atom stereocenters. The van der Waals surface area contributed by atoms with Crippen LogP contribution in [0.1, 0.15) is 6.42 Å². The third-order valence-corrected chi connectivity index (χ3v) is 3.90. The quantitative estimate of drug-likeness (QED) is 0.867. The highest BCUT2D eigenvalue weighted by Crippen LogP contribution is 2.40. The molecule has 1 atom stereocenters. The molecule has 2 rings (SSSR count). The highest BCUT2D eigenvalue weighted by atomic mass is 32.2. The van der Waals surface area contributed by atoms with Crippen molar-refractivity contribution >= 4 is 11.8 Å². The van der Waals surface area contributed by atoms with Crippen molar-refractivity contribution in [3.63, 3.8) is 0 Å². The van der Waals surface area contributed by atoms with Crippen molar-refractivity contribution in [1.82, 2.24) is 0 Å². The summed E-state index contributed by atoms with van der Waals surface area (Å²) in [6.45, 7) is 0.867. The molecule has 1 aliphatic rings. The van der Waals surface area contributed by atoms with Crippen molar-refractivity contribution in [3.8, 4) is 11.5 Å². The molecule has 1 aromatic carbocycles. The Kier molecular flexibility index (Phi) is 4.46. The lowest BCUT2D eigenvalue weighted by Crippen LogP contribution is -2.28. The standard InChI is InChI=1S/C12H14F3NO2S/c13-12(14,15)11(3-4-16)19-8-1-2-9-10(7-8)18-6-5-17-9/h1-2,7,11H,3-6,16H2. The number of rotatable bonds is 4. The van der Waals surface area contributed by atoms with Gasteiger partial charge in [0.05, 0.1) is 0 Å². The van der Waals surface area contributed by atoms with Gasteiger partial charge in [-0.1, -0.05) is 0 Å². The average Bonchev–Trinajstić information content (AvgIpc) is 2.37. The number of thioether (sulfide) groups is 1. The predicted molar refractivity (Wildman–Crippen MR) is 66.8 cm³/mol. The molecule has 0 aromatic heterocycles. The van der Waals surface area contributed by atoms with Gasteiger partial charge in [0.25, 0.3) is 0 Å². The number of alkyl halides is 3. The Morgan fingerprint density at radius 3 is 2.53 bits per heavy atom. The maximum absolute atomic E-state index is 12.8. The topological polar surface area (TPSA) is 44.5 Å². The summed E-state index contributed by atoms with van der Waals surface area (Å²) in [6, 6.07) is 4.81. The monoisotopic (exact) mass is 293 g/mol. The van der Waals surface area contributed by atoms with Gasteiger partial charge in [0.2, 0.25) is 0 Å². The number of fused-ring (bicyclic) bond motifs is 1. The van der Waals surface area contributed by atoms with Gasteiger partial charge in [-0.05, 0) is 31.2 Å². The number of hydrogen-bond acceptors (Lipinski definition) is 4. The molecule has 3 nitrogen and oxygen atoms in total. The lowest BCUT2D eigenvalue weighted by molar-refractivity contribution is -0.129. The second kappa shape index (κ2) is 5.92. The summed E-state index contributed by atoms with van der Waals surface area (Å²) in [5, 5.41) is -1.50. The Labute approximate surface area is 113 Å². The summed E-state index contributed by atoms with van der Waals surface area (Å²) in [7, 11) is 0. The molecule has 0 saturated carbocycles. The van der Waals surface area contributed by atoms with Crippen LogP contribution in [0, 0.1) is 0 Å². The first kappa shape index (κ1) is 14.3. The zero-order valence-electron chi connectivity index (χ0n) is 10.1. The molecule has 7 heteroatoms. The van der Waals surface area contributed by atoms with Gasteiger partial charge in [0.1, 0.15) is 18.5 Å². The fourth-order valence-electron chi connectivity index (χ4n) is 1.70. The summed E-state index contributed by atoms with van der Waals surface area (Å²) in [4.78, 5) is 0.500. The van der Waals surface area contributed by atoms with Crippen LogP contribution >= 0.6 is 11.8 Å². The summed E-state index contributed by atoms with van der Waals surface area (Å²) >= 11 is 0.752. The van der Waals surface area contributed by atoms with E-state index in [9.17, 15) is 13.2 Å². The van der Waals surface area contributed by atoms with Gasteiger partial charge in [-0.3, -0.25) is 0 Å². The van der Waals surface area contributed by atoms with Gasteiger partial charge < -0.3 is 15.2 Å². The van der Waals surface area contributed by atoms with E-state index in [-0.39, 0.29) is 13.0 Å². The zero-order valence-corrected chi connectivity index (χ0v) is 10.9. The van der Waals surface area contributed by atoms with Crippen LogP contribution in [0.25, 0.3) is 0 Å². The molecule has 0 amide bonds. The predicted octanol–water partition coefficient (Wildman–Crippen LogP) is 2.83. The molecule has 106 valence electrons. The molecule has 0 aliphatic carbocycles. The van der Waals surface area contributed by atoms with E-state index in [0.717, 1.165) is 11.8 Å². The maximum atomic E-state index is 12.8. The van der Waals surface area contributed by atoms with Crippen LogP contribution in [-0.2, 0) is 0 Å². The highest BCUT2D eigenvalue weighted by Gasteiger charge is 2.39. The Bertz CT molecular complexity index is 439. The lowest BCUT2D eigenvalue weighted by atomic mass is 10.3. The Morgan fingerprint density at radius 1 is 1.21 bits per heavy atom. The van der Waals surface area contributed by atoms with Gasteiger partial charge in [0, 0.05) is 4.90 Å². The van der Waals surface area contributed by atoms with Gasteiger partial charge in [-0.2, -0.15) is 13.2 Å². The van der Waals surface area contributed by atoms with Crippen molar-refractivity contribution in [2.75, 3.05) is 19.8 Å². The van der Waals surface area contributed by atoms with Crippen LogP contribution in [-0.4, -0.2) is 31.2 Å². The third kappa shape index (κ3) is 3.70. The molecule has 19 heavy (non-hydrogen) atoms. The van der Waals surface area contributed by atoms with Crippen LogP contribution in [0.3, 0.4) is 0 Å². The van der Waals surface area contributed by atoms with E-state index in [4.69, 9.17) is 15.2 Å². The molecular weight excluding hydrogens is 279 g/mol. The van der Waals surface area contributed by atoms with Crippen LogP contribution in [0.2, 0.25) is 0 Å². The van der Waals surface area contributed by atoms with E-state index in [1.165, 1.54) is 0 Å². The summed E-state index contributed by atoms with van der Waals surface area (Å²) in [5.74, 6) is 1.06. The summed E-state index contributed by atoms with van der Waals surface area (Å²) < 4.78 is 49.1. The number of ether oxygens (including phenoxy) is 2. The van der Waals surface area contributed by atoms with Gasteiger partial charge in [-0.25, -0.2) is 0 Å². The summed E-state index contributed by atoms with van der Waals surface area (Å²) in [5.41, 5.74) is 5.23. The molecule has 0 bridgehead atoms. The molecule has 1 aliphatic heterocycles. The molecule has 0 fully saturated rings. The molecule has 0 saturated heterocycles. The van der Waals surface area contributed by atoms with Gasteiger partial charge in [-0.15, -0.1) is 11.8 Å². The van der Waals surface area contributed by atoms with Gasteiger partial charge >= 0.3 is 6.18 Å². The van der Waals surface area contributed by atoms with Gasteiger partial charge in [0.15, 0.2) is 11.5 Å². The van der Waals surface area contributed by atoms with E-state index in [0.29, 0.717) is 29.6 Å². The first-order valence-electron chi connectivity index (χ1n) is 5.84. The average molecular weight is 293 g/mol. The summed E-state index contributed by atoms with van der Waals surface area (Å²) in [6.07, 6.45) is -4.38. The van der Waals surface area contributed by atoms with Crippen molar-refractivity contribution in [2.24, 2.45) is 5.73 Å². The molecule has 2 N–H and O–H groups in total. The number of nitrogens with two attached hydrogens (primary N) is 1. The second-order valence-electron chi connectivity index (χ2n) is 4.03. The van der Waals surface area contributed by atoms with E-state index >= 15 is 0 Å². The largest absolute Gasteiger partial charge is 0.486 e. The third-order valence-electron chi connectivity index (χ3n) is 2.59. The number of hydrogen-bond donors (Lipinski definition) is 1.